The van der Waals surface area contributed by atoms with Crippen molar-refractivity contribution in [1.29, 1.82) is 0 Å². The van der Waals surface area contributed by atoms with Gasteiger partial charge in [0.25, 0.3) is 0 Å². The molecule has 2 aromatic carbocycles. The lowest BCUT2D eigenvalue weighted by Gasteiger charge is -2.21. The first kappa shape index (κ1) is 19.8. The Morgan fingerprint density at radius 2 is 1.46 bits per heavy atom. The average molecular weight is 353 g/mol. The zero-order valence-corrected chi connectivity index (χ0v) is 15.8. The molecule has 0 heterocycles. The van der Waals surface area contributed by atoms with Crippen LogP contribution in [0.1, 0.15) is 56.2 Å². The molecule has 0 spiro atoms. The normalized spacial score (nSPS) is 12.9. The van der Waals surface area contributed by atoms with E-state index in [4.69, 9.17) is 5.73 Å². The number of benzene rings is 2. The first-order chi connectivity index (χ1) is 12.3. The predicted octanol–water partition coefficient (Wildman–Crippen LogP) is 5.30. The van der Waals surface area contributed by atoms with Crippen molar-refractivity contribution in [2.75, 3.05) is 0 Å². The monoisotopic (exact) mass is 353 g/mol. The van der Waals surface area contributed by atoms with Crippen LogP contribution in [0.5, 0.6) is 0 Å². The van der Waals surface area contributed by atoms with Crippen molar-refractivity contribution in [3.8, 4) is 0 Å². The smallest absolute Gasteiger partial charge is 0.320 e. The Labute approximate surface area is 155 Å². The summed E-state index contributed by atoms with van der Waals surface area (Å²) in [6.07, 6.45) is 0.312. The second-order valence-corrected chi connectivity index (χ2v) is 7.10. The van der Waals surface area contributed by atoms with Gasteiger partial charge in [0.1, 0.15) is 6.04 Å². The summed E-state index contributed by atoms with van der Waals surface area (Å²) in [5.74, 6) is -0.520. The molecule has 0 unspecified atom stereocenters. The Bertz CT molecular complexity index is 754. The van der Waals surface area contributed by atoms with Crippen LogP contribution >= 0.6 is 0 Å². The van der Waals surface area contributed by atoms with Crippen LogP contribution in [0.15, 0.2) is 52.7 Å². The highest BCUT2D eigenvalue weighted by molar-refractivity contribution is 5.74. The summed E-state index contributed by atoms with van der Waals surface area (Å²) in [7, 11) is 0. The number of hydrogen-bond donors (Lipinski definition) is 2. The lowest BCUT2D eigenvalue weighted by molar-refractivity contribution is -0.138. The highest BCUT2D eigenvalue weighted by Crippen LogP contribution is 2.34. The van der Waals surface area contributed by atoms with Crippen LogP contribution in [-0.2, 0) is 11.2 Å². The minimum atomic E-state index is -0.984. The molecule has 0 saturated heterocycles. The van der Waals surface area contributed by atoms with Gasteiger partial charge in [-0.3, -0.25) is 4.79 Å². The van der Waals surface area contributed by atoms with Crippen molar-refractivity contribution in [1.82, 2.24) is 0 Å². The molecule has 0 radical (unpaired) electrons. The number of nitrogens with zero attached hydrogens (tertiary/aromatic N) is 2. The summed E-state index contributed by atoms with van der Waals surface area (Å²) < 4.78 is 0. The number of carboxylic acids is 1. The third-order valence-electron chi connectivity index (χ3n) is 4.33. The van der Waals surface area contributed by atoms with Gasteiger partial charge in [0.05, 0.1) is 11.4 Å². The molecule has 3 N–H and O–H groups in total. The second kappa shape index (κ2) is 8.72. The van der Waals surface area contributed by atoms with E-state index in [1.165, 1.54) is 0 Å². The van der Waals surface area contributed by atoms with E-state index in [2.05, 4.69) is 37.9 Å². The molecular weight excluding hydrogens is 326 g/mol. The lowest BCUT2D eigenvalue weighted by Crippen LogP contribution is -2.33. The van der Waals surface area contributed by atoms with Gasteiger partial charge < -0.3 is 10.8 Å². The van der Waals surface area contributed by atoms with Crippen molar-refractivity contribution in [3.63, 3.8) is 0 Å². The van der Waals surface area contributed by atoms with Crippen LogP contribution < -0.4 is 5.73 Å². The molecule has 0 fully saturated rings. The van der Waals surface area contributed by atoms with E-state index in [0.717, 1.165) is 28.1 Å². The highest BCUT2D eigenvalue weighted by atomic mass is 16.4. The number of azo groups is 1. The third-order valence-corrected chi connectivity index (χ3v) is 4.33. The van der Waals surface area contributed by atoms with Gasteiger partial charge in [-0.05, 0) is 59.2 Å². The van der Waals surface area contributed by atoms with Crippen molar-refractivity contribution in [2.45, 2.75) is 52.0 Å². The molecule has 0 amide bonds. The molecule has 0 aromatic heterocycles. The third kappa shape index (κ3) is 4.99. The van der Waals surface area contributed by atoms with Crippen molar-refractivity contribution in [2.24, 2.45) is 16.0 Å². The second-order valence-electron chi connectivity index (χ2n) is 7.10. The molecule has 138 valence electrons. The SMILES string of the molecule is CC(C)c1cc(N=Nc2ccccc2)cc(C(C)C)c1C[C@H](N)C(=O)O. The predicted molar refractivity (Wildman–Crippen MR) is 105 cm³/mol. The van der Waals surface area contributed by atoms with Gasteiger partial charge in [0.15, 0.2) is 0 Å². The van der Waals surface area contributed by atoms with Crippen LogP contribution in [0.2, 0.25) is 0 Å². The standard InChI is InChI=1S/C21H27N3O2/c1-13(2)17-10-16(24-23-15-8-6-5-7-9-15)11-18(14(3)4)19(17)12-20(22)21(25)26/h5-11,13-14,20H,12,22H2,1-4H3,(H,25,26)/t20-/m0/s1. The van der Waals surface area contributed by atoms with Gasteiger partial charge in [0, 0.05) is 0 Å². The Morgan fingerprint density at radius 3 is 1.92 bits per heavy atom. The van der Waals surface area contributed by atoms with Gasteiger partial charge in [-0.15, -0.1) is 0 Å². The molecule has 0 aliphatic rings. The number of carboxylic acid groups (broad SMARTS) is 1. The zero-order chi connectivity index (χ0) is 19.3. The maximum absolute atomic E-state index is 11.2. The fourth-order valence-corrected chi connectivity index (χ4v) is 2.94. The fraction of sp³-hybridized carbons (Fsp3) is 0.381. The molecule has 5 heteroatoms. The van der Waals surface area contributed by atoms with Crippen molar-refractivity contribution < 1.29 is 9.90 Å². The molecule has 5 nitrogen and oxygen atoms in total. The van der Waals surface area contributed by atoms with Crippen LogP contribution in [0.25, 0.3) is 0 Å². The number of aliphatic carboxylic acids is 1. The molecule has 1 atom stereocenters. The first-order valence-electron chi connectivity index (χ1n) is 8.91. The summed E-state index contributed by atoms with van der Waals surface area (Å²) in [5, 5.41) is 17.9. The topological polar surface area (TPSA) is 88.0 Å². The molecule has 26 heavy (non-hydrogen) atoms. The number of nitrogens with two attached hydrogens (primary N) is 1. The zero-order valence-electron chi connectivity index (χ0n) is 15.8. The van der Waals surface area contributed by atoms with Crippen LogP contribution in [0, 0.1) is 0 Å². The highest BCUT2D eigenvalue weighted by Gasteiger charge is 2.21. The lowest BCUT2D eigenvalue weighted by atomic mass is 9.85. The molecule has 2 rings (SSSR count). The fourth-order valence-electron chi connectivity index (χ4n) is 2.94. The molecule has 0 bridgehead atoms. The van der Waals surface area contributed by atoms with Gasteiger partial charge in [0.2, 0.25) is 0 Å². The van der Waals surface area contributed by atoms with Gasteiger partial charge in [-0.1, -0.05) is 45.9 Å². The molecular formula is C21H27N3O2. The first-order valence-corrected chi connectivity index (χ1v) is 8.91. The van der Waals surface area contributed by atoms with E-state index in [1.807, 2.05) is 42.5 Å². The van der Waals surface area contributed by atoms with Crippen molar-refractivity contribution >= 4 is 17.3 Å². The van der Waals surface area contributed by atoms with E-state index in [-0.39, 0.29) is 11.8 Å². The Hall–Kier alpha value is -2.53. The summed E-state index contributed by atoms with van der Waals surface area (Å²) in [6, 6.07) is 12.6. The summed E-state index contributed by atoms with van der Waals surface area (Å²) in [4.78, 5) is 11.2. The minimum absolute atomic E-state index is 0.232. The van der Waals surface area contributed by atoms with E-state index in [0.29, 0.717) is 6.42 Å². The number of carbonyl (C=O) groups is 1. The van der Waals surface area contributed by atoms with Crippen LogP contribution in [0.3, 0.4) is 0 Å². The molecule has 0 aliphatic heterocycles. The van der Waals surface area contributed by atoms with Gasteiger partial charge in [-0.2, -0.15) is 10.2 Å². The average Bonchev–Trinajstić information content (AvgIpc) is 2.60. The van der Waals surface area contributed by atoms with Crippen molar-refractivity contribution in [3.05, 3.63) is 59.2 Å². The maximum Gasteiger partial charge on any atom is 0.320 e. The quantitative estimate of drug-likeness (QED) is 0.662. The Balaban J connectivity index is 2.49. The van der Waals surface area contributed by atoms with E-state index < -0.39 is 12.0 Å². The minimum Gasteiger partial charge on any atom is -0.480 e. The van der Waals surface area contributed by atoms with E-state index in [9.17, 15) is 9.90 Å². The Kier molecular flexibility index (Phi) is 6.64. The van der Waals surface area contributed by atoms with Gasteiger partial charge in [-0.25, -0.2) is 0 Å². The number of hydrogen-bond acceptors (Lipinski definition) is 4. The van der Waals surface area contributed by atoms with E-state index >= 15 is 0 Å². The number of rotatable bonds is 7. The van der Waals surface area contributed by atoms with Crippen LogP contribution in [0.4, 0.5) is 11.4 Å². The molecule has 0 saturated carbocycles. The summed E-state index contributed by atoms with van der Waals surface area (Å²) >= 11 is 0. The largest absolute Gasteiger partial charge is 0.480 e. The van der Waals surface area contributed by atoms with Crippen LogP contribution in [-0.4, -0.2) is 17.1 Å². The van der Waals surface area contributed by atoms with E-state index in [1.54, 1.807) is 0 Å². The molecule has 0 aliphatic carbocycles. The summed E-state index contributed by atoms with van der Waals surface area (Å²) in [5.41, 5.74) is 10.6. The summed E-state index contributed by atoms with van der Waals surface area (Å²) in [6.45, 7) is 8.36. The molecule has 2 aromatic rings. The van der Waals surface area contributed by atoms with Gasteiger partial charge >= 0.3 is 5.97 Å². The maximum atomic E-state index is 11.2. The Morgan fingerprint density at radius 1 is 0.962 bits per heavy atom.